The first-order chi connectivity index (χ1) is 9.72. The quantitative estimate of drug-likeness (QED) is 0.804. The first-order valence-corrected chi connectivity index (χ1v) is 7.51. The normalized spacial score (nSPS) is 15.7. The van der Waals surface area contributed by atoms with Gasteiger partial charge in [0.25, 0.3) is 0 Å². The van der Waals surface area contributed by atoms with E-state index in [1.807, 2.05) is 0 Å². The number of ether oxygens (including phenoxy) is 1. The van der Waals surface area contributed by atoms with Crippen LogP contribution in [0.3, 0.4) is 0 Å². The van der Waals surface area contributed by atoms with Crippen molar-refractivity contribution in [1.82, 2.24) is 15.3 Å². The number of hydrogen-bond donors (Lipinski definition) is 1. The summed E-state index contributed by atoms with van der Waals surface area (Å²) >= 11 is 0. The Morgan fingerprint density at radius 2 is 1.75 bits per heavy atom. The molecule has 1 aromatic rings. The summed E-state index contributed by atoms with van der Waals surface area (Å²) in [5.41, 5.74) is 3.38. The van der Waals surface area contributed by atoms with Crippen molar-refractivity contribution in [2.24, 2.45) is 0 Å². The molecule has 1 saturated heterocycles. The summed E-state index contributed by atoms with van der Waals surface area (Å²) < 4.78 is 5.04. The lowest BCUT2D eigenvalue weighted by atomic mass is 10.1. The predicted molar refractivity (Wildman–Crippen MR) is 81.2 cm³/mol. The molecule has 5 nitrogen and oxygen atoms in total. The number of hydrogen-bond acceptors (Lipinski definition) is 5. The van der Waals surface area contributed by atoms with Crippen molar-refractivity contribution in [3.05, 3.63) is 17.0 Å². The summed E-state index contributed by atoms with van der Waals surface area (Å²) in [4.78, 5) is 11.7. The smallest absolute Gasteiger partial charge is 0.225 e. The van der Waals surface area contributed by atoms with Crippen LogP contribution >= 0.6 is 0 Å². The molecule has 20 heavy (non-hydrogen) atoms. The van der Waals surface area contributed by atoms with Gasteiger partial charge in [0.05, 0.1) is 6.61 Å². The number of aromatic nitrogens is 2. The van der Waals surface area contributed by atoms with Gasteiger partial charge in [0, 0.05) is 50.2 Å². The second kappa shape index (κ2) is 7.55. The zero-order valence-corrected chi connectivity index (χ0v) is 12.9. The van der Waals surface area contributed by atoms with Gasteiger partial charge in [-0.1, -0.05) is 0 Å². The molecule has 0 atom stereocenters. The van der Waals surface area contributed by atoms with Crippen LogP contribution in [0.5, 0.6) is 0 Å². The van der Waals surface area contributed by atoms with Gasteiger partial charge in [-0.05, 0) is 33.1 Å². The summed E-state index contributed by atoms with van der Waals surface area (Å²) in [6.07, 6.45) is 3.83. The summed E-state index contributed by atoms with van der Waals surface area (Å²) in [5.74, 6) is 0.903. The zero-order valence-electron chi connectivity index (χ0n) is 12.9. The average molecular weight is 278 g/mol. The number of aryl methyl sites for hydroxylation is 2. The fraction of sp³-hybridized carbons (Fsp3) is 0.733. The first kappa shape index (κ1) is 15.2. The summed E-state index contributed by atoms with van der Waals surface area (Å²) in [5, 5.41) is 3.36. The Morgan fingerprint density at radius 3 is 2.35 bits per heavy atom. The maximum absolute atomic E-state index is 5.04. The Morgan fingerprint density at radius 1 is 1.10 bits per heavy atom. The molecule has 1 aliphatic rings. The lowest BCUT2D eigenvalue weighted by Crippen LogP contribution is -2.31. The maximum atomic E-state index is 5.04. The minimum atomic E-state index is 0.727. The van der Waals surface area contributed by atoms with Gasteiger partial charge in [0.2, 0.25) is 5.95 Å². The van der Waals surface area contributed by atoms with E-state index >= 15 is 0 Å². The van der Waals surface area contributed by atoms with Crippen LogP contribution in [0.15, 0.2) is 0 Å². The fourth-order valence-electron chi connectivity index (χ4n) is 2.60. The minimum absolute atomic E-state index is 0.727. The molecule has 1 fully saturated rings. The van der Waals surface area contributed by atoms with Crippen molar-refractivity contribution in [2.45, 2.75) is 39.7 Å². The van der Waals surface area contributed by atoms with Crippen LogP contribution in [0.4, 0.5) is 5.95 Å². The molecule has 5 heteroatoms. The number of rotatable bonds is 6. The van der Waals surface area contributed by atoms with E-state index in [4.69, 9.17) is 14.7 Å². The van der Waals surface area contributed by atoms with Crippen LogP contribution in [0.2, 0.25) is 0 Å². The molecule has 0 aliphatic carbocycles. The monoisotopic (exact) mass is 278 g/mol. The largest absolute Gasteiger partial charge is 0.383 e. The number of nitrogens with zero attached hydrogens (tertiary/aromatic N) is 3. The van der Waals surface area contributed by atoms with Gasteiger partial charge in [0.15, 0.2) is 0 Å². The molecule has 0 aromatic carbocycles. The Labute approximate surface area is 121 Å². The van der Waals surface area contributed by atoms with Gasteiger partial charge in [-0.15, -0.1) is 0 Å². The minimum Gasteiger partial charge on any atom is -0.383 e. The lowest BCUT2D eigenvalue weighted by Gasteiger charge is -2.27. The van der Waals surface area contributed by atoms with Crippen molar-refractivity contribution < 1.29 is 4.74 Å². The van der Waals surface area contributed by atoms with Crippen LogP contribution in [-0.4, -0.2) is 43.3 Å². The molecule has 0 bridgehead atoms. The van der Waals surface area contributed by atoms with Crippen LogP contribution in [0.1, 0.15) is 36.2 Å². The third kappa shape index (κ3) is 3.90. The molecule has 0 spiro atoms. The predicted octanol–water partition coefficient (Wildman–Crippen LogP) is 1.82. The second-order valence-electron chi connectivity index (χ2n) is 5.39. The molecule has 1 N–H and O–H groups in total. The number of piperidine rings is 1. The third-order valence-corrected chi connectivity index (χ3v) is 3.83. The standard InChI is InChI=1S/C15H26N4O/c1-12-14(11-16-7-10-20-3)13(2)18-15(17-12)19-8-5-4-6-9-19/h16H,4-11H2,1-3H3. The van der Waals surface area contributed by atoms with Crippen LogP contribution in [-0.2, 0) is 11.3 Å². The van der Waals surface area contributed by atoms with E-state index in [0.29, 0.717) is 0 Å². The van der Waals surface area contributed by atoms with Crippen molar-refractivity contribution in [2.75, 3.05) is 38.3 Å². The van der Waals surface area contributed by atoms with Gasteiger partial charge in [0.1, 0.15) is 0 Å². The van der Waals surface area contributed by atoms with Crippen molar-refractivity contribution in [1.29, 1.82) is 0 Å². The molecule has 1 aromatic heterocycles. The molecule has 0 amide bonds. The van der Waals surface area contributed by atoms with Gasteiger partial charge < -0.3 is 15.0 Å². The second-order valence-corrected chi connectivity index (χ2v) is 5.39. The molecular formula is C15H26N4O. The maximum Gasteiger partial charge on any atom is 0.225 e. The Balaban J connectivity index is 2.03. The van der Waals surface area contributed by atoms with E-state index in [1.165, 1.54) is 24.8 Å². The number of anilines is 1. The van der Waals surface area contributed by atoms with Crippen molar-refractivity contribution >= 4 is 5.95 Å². The molecule has 2 rings (SSSR count). The van der Waals surface area contributed by atoms with Crippen LogP contribution in [0.25, 0.3) is 0 Å². The van der Waals surface area contributed by atoms with E-state index in [1.54, 1.807) is 7.11 Å². The molecule has 112 valence electrons. The highest BCUT2D eigenvalue weighted by Crippen LogP contribution is 2.19. The van der Waals surface area contributed by atoms with E-state index in [9.17, 15) is 0 Å². The van der Waals surface area contributed by atoms with Gasteiger partial charge >= 0.3 is 0 Å². The van der Waals surface area contributed by atoms with E-state index < -0.39 is 0 Å². The first-order valence-electron chi connectivity index (χ1n) is 7.51. The highest BCUT2D eigenvalue weighted by molar-refractivity contribution is 5.36. The Hall–Kier alpha value is -1.20. The van der Waals surface area contributed by atoms with Crippen LogP contribution in [0, 0.1) is 13.8 Å². The van der Waals surface area contributed by atoms with Crippen LogP contribution < -0.4 is 10.2 Å². The highest BCUT2D eigenvalue weighted by Gasteiger charge is 2.16. The zero-order chi connectivity index (χ0) is 14.4. The lowest BCUT2D eigenvalue weighted by molar-refractivity contribution is 0.199. The summed E-state index contributed by atoms with van der Waals surface area (Å²) in [7, 11) is 1.72. The molecule has 0 unspecified atom stereocenters. The van der Waals surface area contributed by atoms with Gasteiger partial charge in [-0.25, -0.2) is 9.97 Å². The average Bonchev–Trinajstić information content (AvgIpc) is 2.46. The molecule has 2 heterocycles. The van der Waals surface area contributed by atoms with E-state index in [0.717, 1.165) is 50.1 Å². The van der Waals surface area contributed by atoms with Crippen molar-refractivity contribution in [3.8, 4) is 0 Å². The number of nitrogens with one attached hydrogen (secondary N) is 1. The summed E-state index contributed by atoms with van der Waals surface area (Å²) in [6.45, 7) is 8.72. The molecule has 0 saturated carbocycles. The topological polar surface area (TPSA) is 50.3 Å². The Kier molecular flexibility index (Phi) is 5.73. The third-order valence-electron chi connectivity index (χ3n) is 3.83. The molecular weight excluding hydrogens is 252 g/mol. The van der Waals surface area contributed by atoms with E-state index in [-0.39, 0.29) is 0 Å². The SMILES string of the molecule is COCCNCc1c(C)nc(N2CCCCC2)nc1C. The fourth-order valence-corrected chi connectivity index (χ4v) is 2.60. The van der Waals surface area contributed by atoms with Gasteiger partial charge in [-0.2, -0.15) is 0 Å². The van der Waals surface area contributed by atoms with Gasteiger partial charge in [-0.3, -0.25) is 0 Å². The number of methoxy groups -OCH3 is 1. The summed E-state index contributed by atoms with van der Waals surface area (Å²) in [6, 6.07) is 0. The molecule has 0 radical (unpaired) electrons. The highest BCUT2D eigenvalue weighted by atomic mass is 16.5. The van der Waals surface area contributed by atoms with Crippen molar-refractivity contribution in [3.63, 3.8) is 0 Å². The van der Waals surface area contributed by atoms with E-state index in [2.05, 4.69) is 24.1 Å². The molecule has 1 aliphatic heterocycles. The Bertz CT molecular complexity index is 407.